The molecule has 2 rings (SSSR count). The van der Waals surface area contributed by atoms with E-state index in [1.54, 1.807) is 20.8 Å². The predicted octanol–water partition coefficient (Wildman–Crippen LogP) is 3.87. The van der Waals surface area contributed by atoms with E-state index in [2.05, 4.69) is 4.74 Å². The van der Waals surface area contributed by atoms with Crippen LogP contribution in [0.5, 0.6) is 0 Å². The summed E-state index contributed by atoms with van der Waals surface area (Å²) in [4.78, 5) is 25.4. The fraction of sp³-hybridized carbons (Fsp3) is 0.556. The maximum absolute atomic E-state index is 14.3. The molecule has 1 aliphatic heterocycles. The van der Waals surface area contributed by atoms with E-state index in [1.165, 1.54) is 11.0 Å². The second kappa shape index (κ2) is 7.37. The number of likely N-dealkylation sites (tertiary alicyclic amines) is 1. The van der Waals surface area contributed by atoms with Crippen molar-refractivity contribution in [1.82, 2.24) is 4.90 Å². The van der Waals surface area contributed by atoms with Crippen LogP contribution in [0.4, 0.5) is 13.6 Å². The van der Waals surface area contributed by atoms with Crippen LogP contribution in [0.15, 0.2) is 12.1 Å². The van der Waals surface area contributed by atoms with Crippen molar-refractivity contribution in [3.8, 4) is 0 Å². The monoisotopic (exact) mass is 355 g/mol. The van der Waals surface area contributed by atoms with E-state index in [1.807, 2.05) is 0 Å². The number of carbonyl (C=O) groups excluding carboxylic acids is 2. The molecule has 25 heavy (non-hydrogen) atoms. The van der Waals surface area contributed by atoms with Gasteiger partial charge in [0, 0.05) is 25.1 Å². The quantitative estimate of drug-likeness (QED) is 0.756. The van der Waals surface area contributed by atoms with Crippen molar-refractivity contribution in [2.24, 2.45) is 0 Å². The van der Waals surface area contributed by atoms with Crippen molar-refractivity contribution >= 4 is 12.1 Å². The van der Waals surface area contributed by atoms with Crippen molar-refractivity contribution in [2.75, 3.05) is 20.2 Å². The van der Waals surface area contributed by atoms with Gasteiger partial charge in [-0.2, -0.15) is 0 Å². The molecule has 5 nitrogen and oxygen atoms in total. The summed E-state index contributed by atoms with van der Waals surface area (Å²) in [5.41, 5.74) is -0.730. The van der Waals surface area contributed by atoms with Crippen LogP contribution in [-0.4, -0.2) is 42.8 Å². The summed E-state index contributed by atoms with van der Waals surface area (Å²) in [7, 11) is 1.13. The molecule has 1 fully saturated rings. The van der Waals surface area contributed by atoms with Gasteiger partial charge in [-0.05, 0) is 45.2 Å². The van der Waals surface area contributed by atoms with Crippen LogP contribution in [0.1, 0.15) is 55.5 Å². The van der Waals surface area contributed by atoms with Gasteiger partial charge in [-0.3, -0.25) is 0 Å². The minimum Gasteiger partial charge on any atom is -0.465 e. The van der Waals surface area contributed by atoms with E-state index in [0.717, 1.165) is 7.11 Å². The van der Waals surface area contributed by atoms with Gasteiger partial charge in [-0.15, -0.1) is 0 Å². The summed E-state index contributed by atoms with van der Waals surface area (Å²) < 4.78 is 37.9. The molecule has 1 heterocycles. The smallest absolute Gasteiger partial charge is 0.410 e. The Bertz CT molecular complexity index is 670. The number of piperidine rings is 1. The first-order chi connectivity index (χ1) is 11.6. The Morgan fingerprint density at radius 1 is 1.20 bits per heavy atom. The van der Waals surface area contributed by atoms with Gasteiger partial charge in [-0.1, -0.05) is 0 Å². The Morgan fingerprint density at radius 2 is 1.88 bits per heavy atom. The van der Waals surface area contributed by atoms with Gasteiger partial charge >= 0.3 is 12.1 Å². The highest BCUT2D eigenvalue weighted by Gasteiger charge is 2.30. The van der Waals surface area contributed by atoms with Crippen molar-refractivity contribution in [3.63, 3.8) is 0 Å². The van der Waals surface area contributed by atoms with Gasteiger partial charge in [-0.25, -0.2) is 18.4 Å². The first-order valence-corrected chi connectivity index (χ1v) is 8.17. The summed E-state index contributed by atoms with van der Waals surface area (Å²) in [6.45, 7) is 6.08. The van der Waals surface area contributed by atoms with E-state index in [0.29, 0.717) is 25.5 Å². The largest absolute Gasteiger partial charge is 0.465 e. The molecule has 7 heteroatoms. The highest BCUT2D eigenvalue weighted by molar-refractivity contribution is 5.89. The molecule has 1 aromatic carbocycles. The van der Waals surface area contributed by atoms with Crippen LogP contribution in [0.25, 0.3) is 0 Å². The van der Waals surface area contributed by atoms with Crippen molar-refractivity contribution in [2.45, 2.75) is 45.1 Å². The summed E-state index contributed by atoms with van der Waals surface area (Å²) >= 11 is 0. The highest BCUT2D eigenvalue weighted by Crippen LogP contribution is 2.31. The molecule has 1 aliphatic rings. The number of rotatable bonds is 2. The topological polar surface area (TPSA) is 55.8 Å². The van der Waals surface area contributed by atoms with E-state index in [9.17, 15) is 18.4 Å². The lowest BCUT2D eigenvalue weighted by atomic mass is 9.89. The summed E-state index contributed by atoms with van der Waals surface area (Å²) in [6.07, 6.45) is 0.824. The third-order valence-electron chi connectivity index (χ3n) is 4.00. The number of halogens is 2. The maximum Gasteiger partial charge on any atom is 0.410 e. The van der Waals surface area contributed by atoms with Crippen LogP contribution in [0.2, 0.25) is 0 Å². The molecular formula is C18H23F2NO4. The van der Waals surface area contributed by atoms with Gasteiger partial charge < -0.3 is 14.4 Å². The second-order valence-corrected chi connectivity index (χ2v) is 7.11. The normalized spacial score (nSPS) is 18.0. The van der Waals surface area contributed by atoms with E-state index < -0.39 is 29.3 Å². The first-order valence-electron chi connectivity index (χ1n) is 8.17. The third-order valence-corrected chi connectivity index (χ3v) is 4.00. The van der Waals surface area contributed by atoms with Crippen LogP contribution >= 0.6 is 0 Å². The fourth-order valence-electron chi connectivity index (χ4n) is 2.87. The highest BCUT2D eigenvalue weighted by atomic mass is 19.1. The molecular weight excluding hydrogens is 332 g/mol. The average molecular weight is 355 g/mol. The van der Waals surface area contributed by atoms with Gasteiger partial charge in [0.1, 0.15) is 17.2 Å². The number of hydrogen-bond acceptors (Lipinski definition) is 4. The summed E-state index contributed by atoms with van der Waals surface area (Å²) in [5.74, 6) is -2.90. The van der Waals surface area contributed by atoms with Gasteiger partial charge in [0.2, 0.25) is 0 Å². The zero-order valence-electron chi connectivity index (χ0n) is 14.9. The second-order valence-electron chi connectivity index (χ2n) is 7.11. The minimum absolute atomic E-state index is 0.204. The number of benzene rings is 1. The lowest BCUT2D eigenvalue weighted by molar-refractivity contribution is 0.0196. The van der Waals surface area contributed by atoms with Gasteiger partial charge in [0.15, 0.2) is 0 Å². The Morgan fingerprint density at radius 3 is 2.48 bits per heavy atom. The Labute approximate surface area is 145 Å². The number of ether oxygens (including phenoxy) is 2. The molecule has 1 aromatic rings. The van der Waals surface area contributed by atoms with Crippen LogP contribution < -0.4 is 0 Å². The molecule has 1 saturated heterocycles. The van der Waals surface area contributed by atoms with Crippen molar-refractivity contribution < 1.29 is 27.8 Å². The molecule has 0 saturated carbocycles. The van der Waals surface area contributed by atoms with Crippen LogP contribution in [0.3, 0.4) is 0 Å². The zero-order chi connectivity index (χ0) is 18.8. The Balaban J connectivity index is 2.23. The van der Waals surface area contributed by atoms with Crippen LogP contribution in [0, 0.1) is 11.6 Å². The molecule has 0 aromatic heterocycles. The maximum atomic E-state index is 14.3. The number of carbonyl (C=O) groups is 2. The Hall–Kier alpha value is -2.18. The van der Waals surface area contributed by atoms with Crippen molar-refractivity contribution in [3.05, 3.63) is 34.9 Å². The third kappa shape index (κ3) is 4.67. The Kier molecular flexibility index (Phi) is 5.65. The average Bonchev–Trinajstić information content (AvgIpc) is 2.53. The first kappa shape index (κ1) is 19.1. The lowest BCUT2D eigenvalue weighted by Crippen LogP contribution is -2.42. The molecule has 0 radical (unpaired) electrons. The number of esters is 1. The summed E-state index contributed by atoms with van der Waals surface area (Å²) in [5, 5.41) is 0. The van der Waals surface area contributed by atoms with E-state index in [-0.39, 0.29) is 23.6 Å². The number of nitrogens with zero attached hydrogens (tertiary/aromatic N) is 1. The van der Waals surface area contributed by atoms with Crippen LogP contribution in [-0.2, 0) is 9.47 Å². The summed E-state index contributed by atoms with van der Waals surface area (Å²) in [6, 6.07) is 1.87. The number of methoxy groups -OCH3 is 1. The van der Waals surface area contributed by atoms with Crippen molar-refractivity contribution in [1.29, 1.82) is 0 Å². The fourth-order valence-corrected chi connectivity index (χ4v) is 2.87. The molecule has 1 amide bonds. The molecule has 0 N–H and O–H groups in total. The lowest BCUT2D eigenvalue weighted by Gasteiger charge is -2.34. The number of hydrogen-bond donors (Lipinski definition) is 0. The molecule has 0 bridgehead atoms. The standard InChI is InChI=1S/C18H23F2NO4/c1-18(2,3)25-17(23)21-7-5-6-11(10-21)12-8-13(16(22)24-4)15(20)9-14(12)19/h8-9,11H,5-7,10H2,1-4H3. The SMILES string of the molecule is COC(=O)c1cc(C2CCCN(C(=O)OC(C)(C)C)C2)c(F)cc1F. The number of amides is 1. The van der Waals surface area contributed by atoms with Gasteiger partial charge in [0.25, 0.3) is 0 Å². The predicted molar refractivity (Wildman–Crippen MR) is 87.5 cm³/mol. The van der Waals surface area contributed by atoms with E-state index in [4.69, 9.17) is 4.74 Å². The van der Waals surface area contributed by atoms with E-state index >= 15 is 0 Å². The zero-order valence-corrected chi connectivity index (χ0v) is 14.9. The molecule has 0 aliphatic carbocycles. The molecule has 1 atom stereocenters. The minimum atomic E-state index is -0.965. The molecule has 138 valence electrons. The molecule has 1 unspecified atom stereocenters. The van der Waals surface area contributed by atoms with Gasteiger partial charge in [0.05, 0.1) is 12.7 Å². The molecule has 0 spiro atoms.